The fourth-order valence-electron chi connectivity index (χ4n) is 13.8. The van der Waals surface area contributed by atoms with E-state index in [1.165, 1.54) is 47.1 Å². The van der Waals surface area contributed by atoms with Crippen molar-refractivity contribution >= 4 is 90.8 Å². The molecule has 17 N–H and O–H groups in total. The molecule has 6 fully saturated rings. The van der Waals surface area contributed by atoms with Crippen LogP contribution in [-0.4, -0.2) is 201 Å². The number of hydrogen-bond acceptors (Lipinski definition) is 28. The Labute approximate surface area is 579 Å². The van der Waals surface area contributed by atoms with Crippen LogP contribution in [0.15, 0.2) is 77.5 Å². The number of aliphatic hydroxyl groups is 7. The van der Waals surface area contributed by atoms with Crippen molar-refractivity contribution in [1.29, 1.82) is 0 Å². The van der Waals surface area contributed by atoms with Crippen molar-refractivity contribution in [1.82, 2.24) is 107 Å². The van der Waals surface area contributed by atoms with E-state index >= 15 is 0 Å². The molecular weight excluding hydrogens is 1360 g/mol. The summed E-state index contributed by atoms with van der Waals surface area (Å²) < 4.78 is 50.7. The van der Waals surface area contributed by atoms with E-state index in [2.05, 4.69) is 74.8 Å². The molecule has 0 spiro atoms. The first-order chi connectivity index (χ1) is 49.2. The van der Waals surface area contributed by atoms with Gasteiger partial charge in [-0.2, -0.15) is 9.37 Å². The van der Waals surface area contributed by atoms with Crippen molar-refractivity contribution in [3.05, 3.63) is 105 Å². The summed E-state index contributed by atoms with van der Waals surface area (Å²) in [7, 11) is 0. The second-order valence-corrected chi connectivity index (χ2v) is 27.0. The van der Waals surface area contributed by atoms with Crippen LogP contribution < -0.4 is 39.7 Å². The Morgan fingerprint density at radius 1 is 0.431 bits per heavy atom. The van der Waals surface area contributed by atoms with E-state index in [4.69, 9.17) is 65.2 Å². The first-order valence-electron chi connectivity index (χ1n) is 33.1. The minimum Gasteiger partial charge on any atom is -0.396 e. The molecule has 6 saturated carbocycles. The minimum atomic E-state index is -1.16. The second-order valence-electron chi connectivity index (χ2n) is 26.7. The quantitative estimate of drug-likeness (QED) is 0.0632. The van der Waals surface area contributed by atoms with Gasteiger partial charge in [0.2, 0.25) is 11.8 Å². The smallest absolute Gasteiger partial charge is 0.328 e. The van der Waals surface area contributed by atoms with Gasteiger partial charge in [0.1, 0.15) is 59.7 Å². The van der Waals surface area contributed by atoms with E-state index in [0.29, 0.717) is 119 Å². The van der Waals surface area contributed by atoms with Crippen LogP contribution in [0.25, 0.3) is 55.8 Å². The summed E-state index contributed by atoms with van der Waals surface area (Å²) in [6.07, 6.45) is 19.6. The number of aromatic amines is 2. The summed E-state index contributed by atoms with van der Waals surface area (Å²) in [6.45, 7) is 2.63. The van der Waals surface area contributed by atoms with Gasteiger partial charge >= 0.3 is 5.69 Å². The van der Waals surface area contributed by atoms with Gasteiger partial charge in [-0.05, 0) is 93.3 Å². The highest BCUT2D eigenvalue weighted by Gasteiger charge is 2.45. The van der Waals surface area contributed by atoms with Crippen LogP contribution in [0.1, 0.15) is 75.9 Å². The van der Waals surface area contributed by atoms with E-state index in [0.717, 1.165) is 69.1 Å². The highest BCUT2D eigenvalue weighted by Crippen LogP contribution is 2.44. The van der Waals surface area contributed by atoms with E-state index in [1.54, 1.807) is 28.1 Å². The van der Waals surface area contributed by atoms with Gasteiger partial charge in [-0.1, -0.05) is 11.6 Å². The zero-order valence-electron chi connectivity index (χ0n) is 54.8. The molecule has 11 aromatic rings. The van der Waals surface area contributed by atoms with Gasteiger partial charge in [0.05, 0.1) is 62.1 Å². The van der Waals surface area contributed by atoms with Crippen LogP contribution in [0.2, 0.25) is 5.15 Å². The van der Waals surface area contributed by atoms with Crippen LogP contribution in [0.4, 0.5) is 36.6 Å². The molecule has 6 aliphatic rings. The summed E-state index contributed by atoms with van der Waals surface area (Å²) in [5.41, 5.74) is 26.1. The Bertz CT molecular complexity index is 4680. The number of aliphatic hydroxyl groups excluding tert-OH is 7. The molecule has 0 amide bonds. The molecule has 3 unspecified atom stereocenters. The topological polar surface area (TPSA) is 539 Å². The van der Waals surface area contributed by atoms with Gasteiger partial charge < -0.3 is 81.5 Å². The van der Waals surface area contributed by atoms with E-state index in [-0.39, 0.29) is 84.4 Å². The Morgan fingerprint density at radius 3 is 1.28 bits per heavy atom. The van der Waals surface area contributed by atoms with Crippen LogP contribution in [0.3, 0.4) is 0 Å². The van der Waals surface area contributed by atoms with Crippen molar-refractivity contribution < 1.29 is 48.9 Å². The second kappa shape index (κ2) is 31.2. The summed E-state index contributed by atoms with van der Waals surface area (Å²) in [5, 5.41) is 63.8. The summed E-state index contributed by atoms with van der Waals surface area (Å²) in [4.78, 5) is 94.6. The van der Waals surface area contributed by atoms with Crippen molar-refractivity contribution in [2.45, 2.75) is 114 Å². The van der Waals surface area contributed by atoms with Crippen LogP contribution in [0.5, 0.6) is 0 Å². The maximum Gasteiger partial charge on any atom is 0.328 e. The third-order valence-corrected chi connectivity index (χ3v) is 20.3. The molecule has 40 heteroatoms. The largest absolute Gasteiger partial charge is 0.396 e. The van der Waals surface area contributed by atoms with Gasteiger partial charge in [0, 0.05) is 77.0 Å². The number of hydrogen-bond donors (Lipinski definition) is 13. The molecule has 0 bridgehead atoms. The number of nitrogens with zero attached hydrogens (tertiary/aromatic N) is 20. The summed E-state index contributed by atoms with van der Waals surface area (Å²) >= 11 is 5.87. The lowest BCUT2D eigenvalue weighted by Gasteiger charge is -2.40. The molecule has 0 aliphatic heterocycles. The molecule has 6 aliphatic carbocycles. The fraction of sp³-hybridized carbons (Fsp3) is 0.532. The Kier molecular flexibility index (Phi) is 22.1. The molecule has 17 rings (SSSR count). The molecule has 102 heavy (non-hydrogen) atoms. The number of halogens is 4. The lowest BCUT2D eigenvalue weighted by molar-refractivity contribution is -0.0550. The number of nitrogens with two attached hydrogens (primary N) is 4. The number of nitrogen functional groups attached to an aromatic ring is 4. The van der Waals surface area contributed by atoms with Crippen molar-refractivity contribution in [2.75, 3.05) is 62.6 Å². The molecule has 0 aromatic carbocycles. The van der Waals surface area contributed by atoms with Gasteiger partial charge in [0.15, 0.2) is 56.4 Å². The van der Waals surface area contributed by atoms with Crippen LogP contribution >= 0.6 is 11.6 Å². The third-order valence-electron chi connectivity index (χ3n) is 20.0. The first-order valence-corrected chi connectivity index (χ1v) is 33.5. The van der Waals surface area contributed by atoms with Crippen molar-refractivity contribution in [2.24, 2.45) is 53.3 Å². The average Bonchev–Trinajstić information content (AvgIpc) is 1.56. The van der Waals surface area contributed by atoms with E-state index in [1.807, 2.05) is 14.1 Å². The standard InChI is InChI=1S/2C11H15N5O.C10H10ClFN4O.C10H12FN5O2.C10H13FN2O3.C10H13N5O2/c2*12-10-9-11(14-5-13-10)16(6-15-9)3-7-1-8(2-7)4-17;11-9-8-10(14-3-13-9)16(4-15-8)6-1-5(2-17)7(6)12;11-6-4(2-17)1-5(6)16-3-13-7-8(16)14-10(12)15-9(7)18;11-8-4-13(10(16)12-9(8)15)3-6-1-7(2-6)5-14;11-9-7-10(13-3-12-9)15(4-14-7)6-1-5(2-16)8(6)17/h2*5-8,17H,1-4H2,(H2,12,13,14);3-7,17H,1-2H2;3-6,17H,1-2H2,(H3,12,14,15,18);4,6-7,14H,1-3,5H2,(H,12,15,16);3-6,8,16-17H,1-2H2,(H2,11,12,13)/t;;5-,6-,7?;4-,5-,6?;;5-,6-,8?/m..11.1/s1. The van der Waals surface area contributed by atoms with Crippen molar-refractivity contribution in [3.8, 4) is 0 Å². The Hall–Kier alpha value is -9.77. The molecule has 544 valence electrons. The molecule has 9 atom stereocenters. The molecule has 0 saturated heterocycles. The first kappa shape index (κ1) is 72.0. The SMILES string of the molecule is Nc1nc2c(ncn2[C@@H]2C[C@H](CO)C2F)c(=O)[nH]1.Nc1ncnc2c1ncn2CC1CC(CO)C1.Nc1ncnc2c1ncn2CC1CC(CO)C1.Nc1ncnc2c1ncn2[C@@H]1C[C@H](CO)C1O.O=c1[nH]c(=O)n(CC2CC(CO)C2)cc1F.OC[C@H]1C[C@@H](n2cnc3c(Cl)ncnc32)C1F. The number of fused-ring (bicyclic) bond motifs is 5. The number of rotatable bonds is 15. The van der Waals surface area contributed by atoms with Gasteiger partial charge in [-0.15, -0.1) is 0 Å². The zero-order chi connectivity index (χ0) is 72.2. The molecule has 11 heterocycles. The predicted octanol–water partition coefficient (Wildman–Crippen LogP) is 0.835. The number of nitrogens with one attached hydrogen (secondary N) is 2. The lowest BCUT2D eigenvalue weighted by Crippen LogP contribution is -2.44. The predicted molar refractivity (Wildman–Crippen MR) is 362 cm³/mol. The van der Waals surface area contributed by atoms with Gasteiger partial charge in [-0.25, -0.2) is 78.4 Å². The third kappa shape index (κ3) is 14.9. The summed E-state index contributed by atoms with van der Waals surface area (Å²) in [5.74, 6) is 2.28. The zero-order valence-corrected chi connectivity index (χ0v) is 55.5. The number of anilines is 4. The van der Waals surface area contributed by atoms with E-state index in [9.17, 15) is 32.7 Å². The highest BCUT2D eigenvalue weighted by molar-refractivity contribution is 6.33. The summed E-state index contributed by atoms with van der Waals surface area (Å²) in [6, 6.07) is -0.851. The van der Waals surface area contributed by atoms with Crippen LogP contribution in [0, 0.1) is 59.1 Å². The van der Waals surface area contributed by atoms with Crippen molar-refractivity contribution in [3.63, 3.8) is 0 Å². The molecular formula is C62H78ClF3N26O10. The fourth-order valence-corrected chi connectivity index (χ4v) is 14.0. The molecule has 36 nitrogen and oxygen atoms in total. The van der Waals surface area contributed by atoms with E-state index < -0.39 is 47.1 Å². The number of alkyl halides is 2. The van der Waals surface area contributed by atoms with Crippen LogP contribution in [-0.2, 0) is 19.6 Å². The molecule has 0 radical (unpaired) electrons. The maximum absolute atomic E-state index is 13.8. The molecule has 11 aromatic heterocycles. The number of H-pyrrole nitrogens is 2. The maximum atomic E-state index is 13.8. The monoisotopic (exact) mass is 1440 g/mol. The Balaban J connectivity index is 0.000000116. The van der Waals surface area contributed by atoms with Gasteiger partial charge in [-0.3, -0.25) is 24.1 Å². The highest BCUT2D eigenvalue weighted by atomic mass is 35.5. The lowest BCUT2D eigenvalue weighted by atomic mass is 9.75. The normalized spacial score (nSPS) is 26.0. The average molecular weight is 1440 g/mol. The minimum absolute atomic E-state index is 0.00141. The van der Waals surface area contributed by atoms with Gasteiger partial charge in [0.25, 0.3) is 11.1 Å². The Morgan fingerprint density at radius 2 is 0.824 bits per heavy atom. The number of imidazole rings is 5. The number of aromatic nitrogens is 22.